The molecule has 0 fully saturated rings. The molecule has 7 nitrogen and oxygen atoms in total. The van der Waals surface area contributed by atoms with Crippen molar-refractivity contribution in [1.29, 1.82) is 0 Å². The van der Waals surface area contributed by atoms with Crippen LogP contribution in [-0.2, 0) is 5.41 Å². The zero-order valence-corrected chi connectivity index (χ0v) is 30.3. The topological polar surface area (TPSA) is 57.2 Å². The summed E-state index contributed by atoms with van der Waals surface area (Å²) in [5, 5.41) is 4.17. The summed E-state index contributed by atoms with van der Waals surface area (Å²) in [6.07, 6.45) is 7.63. The Labute approximate surface area is 324 Å². The number of aromatic nitrogens is 5. The number of hydrogen-bond donors (Lipinski definition) is 0. The molecule has 0 bridgehead atoms. The molecular weight excluding hydrogens is 707 g/mol. The molecule has 56 heavy (non-hydrogen) atoms. The van der Waals surface area contributed by atoms with E-state index in [9.17, 15) is 0 Å². The Morgan fingerprint density at radius 1 is 0.518 bits per heavy atom. The summed E-state index contributed by atoms with van der Waals surface area (Å²) >= 11 is 1.79. The van der Waals surface area contributed by atoms with Crippen molar-refractivity contribution in [3.8, 4) is 22.8 Å². The molecule has 1 aliphatic carbocycles. The third-order valence-electron chi connectivity index (χ3n) is 11.6. The van der Waals surface area contributed by atoms with Crippen molar-refractivity contribution in [2.45, 2.75) is 15.2 Å². The van der Waals surface area contributed by atoms with Crippen LogP contribution < -0.4 is 0 Å². The zero-order valence-electron chi connectivity index (χ0n) is 29.5. The van der Waals surface area contributed by atoms with Crippen LogP contribution in [0.5, 0.6) is 0 Å². The van der Waals surface area contributed by atoms with Crippen LogP contribution in [0.2, 0.25) is 0 Å². The van der Waals surface area contributed by atoms with Gasteiger partial charge in [-0.1, -0.05) is 72.4 Å². The Morgan fingerprint density at radius 2 is 1.21 bits per heavy atom. The second-order valence-electron chi connectivity index (χ2n) is 14.2. The van der Waals surface area contributed by atoms with Gasteiger partial charge in [0.2, 0.25) is 0 Å². The van der Waals surface area contributed by atoms with Gasteiger partial charge in [0.25, 0.3) is 0 Å². The maximum atomic E-state index is 7.83. The van der Waals surface area contributed by atoms with Gasteiger partial charge in [-0.25, -0.2) is 9.69 Å². The van der Waals surface area contributed by atoms with Gasteiger partial charge in [0.1, 0.15) is 0 Å². The van der Waals surface area contributed by atoms with Crippen LogP contribution in [0.3, 0.4) is 0 Å². The molecule has 1 aliphatic heterocycles. The molecule has 10 aromatic rings. The molecule has 2 aliphatic rings. The lowest BCUT2D eigenvalue weighted by atomic mass is 9.67. The highest BCUT2D eigenvalue weighted by Gasteiger charge is 2.53. The third-order valence-corrected chi connectivity index (χ3v) is 12.7. The van der Waals surface area contributed by atoms with E-state index in [1.54, 1.807) is 11.8 Å². The minimum Gasteiger partial charge on any atom is -0.309 e. The number of nitrogens with zero attached hydrogens (tertiary/aromatic N) is 7. The zero-order chi connectivity index (χ0) is 37.1. The largest absolute Gasteiger partial charge is 0.309 e. The summed E-state index contributed by atoms with van der Waals surface area (Å²) in [6.45, 7) is 15.7. The maximum Gasteiger partial charge on any atom is 0.188 e. The summed E-state index contributed by atoms with van der Waals surface area (Å²) in [5.74, 6) is 0. The number of para-hydroxylation sites is 1. The smallest absolute Gasteiger partial charge is 0.188 e. The molecule has 0 N–H and O–H groups in total. The average molecular weight is 732 g/mol. The molecule has 0 amide bonds. The monoisotopic (exact) mass is 731 g/mol. The highest BCUT2D eigenvalue weighted by Crippen LogP contribution is 2.63. The van der Waals surface area contributed by atoms with E-state index in [0.717, 1.165) is 88.0 Å². The van der Waals surface area contributed by atoms with Gasteiger partial charge in [-0.05, 0) is 88.6 Å². The van der Waals surface area contributed by atoms with E-state index in [0.29, 0.717) is 11.4 Å². The molecule has 258 valence electrons. The lowest BCUT2D eigenvalue weighted by Crippen LogP contribution is -2.33. The highest BCUT2D eigenvalue weighted by molar-refractivity contribution is 7.99. The molecular formula is C48H25N7S. The lowest BCUT2D eigenvalue weighted by Gasteiger charge is -2.40. The van der Waals surface area contributed by atoms with Crippen molar-refractivity contribution in [3.05, 3.63) is 197 Å². The summed E-state index contributed by atoms with van der Waals surface area (Å²) in [5.41, 5.74) is 12.5. The van der Waals surface area contributed by atoms with Crippen molar-refractivity contribution < 1.29 is 0 Å². The Balaban J connectivity index is 1.24. The SMILES string of the molecule is [C-]#[N+]c1ccc2c(c1)c1cc([N+]#[C-])ccc1n2-c1cccc2c1C1(c3ccccc3S2)c2cccnc2-c2ncc(-n3c4ccccc4c4ccncc43)cc21. The minimum absolute atomic E-state index is 0.560. The predicted molar refractivity (Wildman–Crippen MR) is 222 cm³/mol. The first-order chi connectivity index (χ1) is 27.7. The summed E-state index contributed by atoms with van der Waals surface area (Å²) in [4.78, 5) is 24.8. The summed E-state index contributed by atoms with van der Waals surface area (Å²) in [7, 11) is 0. The second-order valence-corrected chi connectivity index (χ2v) is 15.3. The first kappa shape index (κ1) is 30.9. The molecule has 5 aromatic carbocycles. The van der Waals surface area contributed by atoms with Crippen molar-refractivity contribution in [2.24, 2.45) is 0 Å². The average Bonchev–Trinajstić information content (AvgIpc) is 3.87. The summed E-state index contributed by atoms with van der Waals surface area (Å²) in [6, 6.07) is 44.2. The maximum absolute atomic E-state index is 7.83. The molecule has 5 aromatic heterocycles. The molecule has 1 atom stereocenters. The van der Waals surface area contributed by atoms with Crippen LogP contribution in [0.4, 0.5) is 11.4 Å². The highest BCUT2D eigenvalue weighted by atomic mass is 32.2. The van der Waals surface area contributed by atoms with Gasteiger partial charge in [-0.2, -0.15) is 0 Å². The first-order valence-electron chi connectivity index (χ1n) is 18.2. The van der Waals surface area contributed by atoms with E-state index < -0.39 is 5.41 Å². The van der Waals surface area contributed by atoms with Gasteiger partial charge in [-0.15, -0.1) is 0 Å². The molecule has 1 spiro atoms. The standard InChI is InChI=1S/C48H25N7S/c1-49-28-16-18-39-33(23-28)34-24-29(50-2)17-19-40(34)55(39)41-13-7-15-44-45(41)48(35-10-4-6-14-43(35)56-44)36-11-8-21-52-46(36)47-37(48)25-30(26-53-47)54-38-12-5-3-9-31(38)32-20-22-51-27-42(32)54/h3-27H. The van der Waals surface area contributed by atoms with Crippen LogP contribution in [0.1, 0.15) is 22.3 Å². The fourth-order valence-electron chi connectivity index (χ4n) is 9.43. The Bertz CT molecular complexity index is 3330. The Hall–Kier alpha value is -7.52. The molecule has 1 unspecified atom stereocenters. The van der Waals surface area contributed by atoms with Gasteiger partial charge < -0.3 is 9.13 Å². The molecule has 0 saturated heterocycles. The van der Waals surface area contributed by atoms with Crippen molar-refractivity contribution in [3.63, 3.8) is 0 Å². The normalized spacial score (nSPS) is 15.1. The van der Waals surface area contributed by atoms with Crippen LogP contribution >= 0.6 is 11.8 Å². The van der Waals surface area contributed by atoms with Gasteiger partial charge in [0.15, 0.2) is 11.4 Å². The van der Waals surface area contributed by atoms with E-state index in [-0.39, 0.29) is 0 Å². The van der Waals surface area contributed by atoms with E-state index in [2.05, 4.69) is 109 Å². The summed E-state index contributed by atoms with van der Waals surface area (Å²) < 4.78 is 4.60. The number of rotatable bonds is 2. The fourth-order valence-corrected chi connectivity index (χ4v) is 10.7. The van der Waals surface area contributed by atoms with E-state index >= 15 is 0 Å². The van der Waals surface area contributed by atoms with Crippen molar-refractivity contribution in [2.75, 3.05) is 0 Å². The quantitative estimate of drug-likeness (QED) is 0.166. The van der Waals surface area contributed by atoms with Gasteiger partial charge in [-0.3, -0.25) is 15.0 Å². The van der Waals surface area contributed by atoms with E-state index in [1.807, 2.05) is 67.3 Å². The van der Waals surface area contributed by atoms with E-state index in [1.165, 1.54) is 10.5 Å². The second kappa shape index (κ2) is 11.3. The molecule has 0 saturated carbocycles. The number of hydrogen-bond acceptors (Lipinski definition) is 4. The molecule has 0 radical (unpaired) electrons. The van der Waals surface area contributed by atoms with Crippen molar-refractivity contribution >= 4 is 66.7 Å². The lowest BCUT2D eigenvalue weighted by molar-refractivity contribution is 0.712. The first-order valence-corrected chi connectivity index (χ1v) is 19.0. The van der Waals surface area contributed by atoms with Gasteiger partial charge in [0.05, 0.1) is 75.8 Å². The number of benzene rings is 5. The fraction of sp³-hybridized carbons (Fsp3) is 0.0208. The van der Waals surface area contributed by atoms with Gasteiger partial charge >= 0.3 is 0 Å². The predicted octanol–water partition coefficient (Wildman–Crippen LogP) is 12.0. The van der Waals surface area contributed by atoms with Gasteiger partial charge in [0, 0.05) is 44.1 Å². The Morgan fingerprint density at radius 3 is 2.04 bits per heavy atom. The third kappa shape index (κ3) is 3.88. The molecule has 12 rings (SSSR count). The minimum atomic E-state index is -0.803. The van der Waals surface area contributed by atoms with E-state index in [4.69, 9.17) is 23.1 Å². The van der Waals surface area contributed by atoms with Crippen LogP contribution in [0, 0.1) is 13.1 Å². The van der Waals surface area contributed by atoms with Crippen molar-refractivity contribution in [1.82, 2.24) is 24.1 Å². The van der Waals surface area contributed by atoms with Crippen LogP contribution in [0.25, 0.3) is 76.1 Å². The molecule has 6 heterocycles. The number of fused-ring (bicyclic) bond motifs is 15. The molecule has 8 heteroatoms. The van der Waals surface area contributed by atoms with Crippen LogP contribution in [0.15, 0.2) is 162 Å². The van der Waals surface area contributed by atoms with Crippen LogP contribution in [-0.4, -0.2) is 24.1 Å². The Kier molecular flexibility index (Phi) is 6.21. The number of pyridine rings is 3.